The van der Waals surface area contributed by atoms with Crippen molar-refractivity contribution >= 4 is 0 Å². The highest BCUT2D eigenvalue weighted by atomic mass is 15.1. The van der Waals surface area contributed by atoms with E-state index in [4.69, 9.17) is 0 Å². The monoisotopic (exact) mass is 179 g/mol. The third-order valence-corrected chi connectivity index (χ3v) is 2.70. The Balaban J connectivity index is 2.17. The van der Waals surface area contributed by atoms with Crippen LogP contribution in [0.4, 0.5) is 0 Å². The summed E-state index contributed by atoms with van der Waals surface area (Å²) in [6, 6.07) is 0.797. The first kappa shape index (κ1) is 10.5. The Labute approximate surface area is 82.1 Å². The number of hydrogen-bond donors (Lipinski definition) is 0. The Kier molecular flexibility index (Phi) is 4.84. The summed E-state index contributed by atoms with van der Waals surface area (Å²) in [6.07, 6.45) is 13.9. The van der Waals surface area contributed by atoms with Gasteiger partial charge in [0.1, 0.15) is 0 Å². The lowest BCUT2D eigenvalue weighted by atomic mass is 10.1. The molecule has 0 spiro atoms. The Bertz CT molecular complexity index is 182. The maximum absolute atomic E-state index is 2.47. The van der Waals surface area contributed by atoms with Crippen LogP contribution in [0, 0.1) is 0 Å². The zero-order valence-electron chi connectivity index (χ0n) is 8.87. The minimum atomic E-state index is 0.797. The van der Waals surface area contributed by atoms with Crippen LogP contribution in [0.3, 0.4) is 0 Å². The van der Waals surface area contributed by atoms with E-state index in [9.17, 15) is 0 Å². The summed E-state index contributed by atoms with van der Waals surface area (Å²) in [5.74, 6) is 0. The molecular weight excluding hydrogens is 158 g/mol. The van der Waals surface area contributed by atoms with Crippen LogP contribution in [0.5, 0.6) is 0 Å². The SMILES string of the molecule is CC/C=C\C=C/CC1CCCN1C. The van der Waals surface area contributed by atoms with E-state index in [0.717, 1.165) is 12.5 Å². The molecule has 1 unspecified atom stereocenters. The predicted octanol–water partition coefficient (Wildman–Crippen LogP) is 2.99. The van der Waals surface area contributed by atoms with E-state index >= 15 is 0 Å². The molecule has 0 bridgehead atoms. The van der Waals surface area contributed by atoms with Gasteiger partial charge in [0.15, 0.2) is 0 Å². The lowest BCUT2D eigenvalue weighted by molar-refractivity contribution is 0.313. The average molecular weight is 179 g/mol. The van der Waals surface area contributed by atoms with Gasteiger partial charge >= 0.3 is 0 Å². The zero-order valence-corrected chi connectivity index (χ0v) is 8.87. The summed E-state index contributed by atoms with van der Waals surface area (Å²) in [6.45, 7) is 3.44. The van der Waals surface area contributed by atoms with Crippen LogP contribution in [0.1, 0.15) is 32.6 Å². The van der Waals surface area contributed by atoms with Gasteiger partial charge in [0.25, 0.3) is 0 Å². The fourth-order valence-electron chi connectivity index (χ4n) is 1.81. The van der Waals surface area contributed by atoms with Gasteiger partial charge in [-0.05, 0) is 39.3 Å². The van der Waals surface area contributed by atoms with Gasteiger partial charge in [0.05, 0.1) is 0 Å². The molecule has 1 nitrogen and oxygen atoms in total. The van der Waals surface area contributed by atoms with Crippen LogP contribution >= 0.6 is 0 Å². The van der Waals surface area contributed by atoms with Crippen LogP contribution in [0.15, 0.2) is 24.3 Å². The first-order valence-corrected chi connectivity index (χ1v) is 5.36. The molecule has 0 radical (unpaired) electrons. The van der Waals surface area contributed by atoms with Crippen LogP contribution in [0.2, 0.25) is 0 Å². The molecule has 1 atom stereocenters. The molecule has 0 aromatic rings. The predicted molar refractivity (Wildman–Crippen MR) is 58.8 cm³/mol. The molecule has 0 aromatic heterocycles. The van der Waals surface area contributed by atoms with Crippen molar-refractivity contribution in [3.8, 4) is 0 Å². The van der Waals surface area contributed by atoms with Gasteiger partial charge in [-0.25, -0.2) is 0 Å². The van der Waals surface area contributed by atoms with Crippen molar-refractivity contribution in [3.05, 3.63) is 24.3 Å². The molecule has 1 saturated heterocycles. The second-order valence-electron chi connectivity index (χ2n) is 3.78. The molecule has 0 saturated carbocycles. The van der Waals surface area contributed by atoms with Gasteiger partial charge in [-0.15, -0.1) is 0 Å². The number of rotatable bonds is 4. The van der Waals surface area contributed by atoms with E-state index in [1.807, 2.05) is 0 Å². The average Bonchev–Trinajstić information content (AvgIpc) is 2.52. The zero-order chi connectivity index (χ0) is 9.52. The summed E-state index contributed by atoms with van der Waals surface area (Å²) in [7, 11) is 2.23. The topological polar surface area (TPSA) is 3.24 Å². The third-order valence-electron chi connectivity index (χ3n) is 2.70. The quantitative estimate of drug-likeness (QED) is 0.600. The van der Waals surface area contributed by atoms with Gasteiger partial charge < -0.3 is 4.90 Å². The van der Waals surface area contributed by atoms with Crippen molar-refractivity contribution < 1.29 is 0 Å². The normalized spacial score (nSPS) is 25.2. The highest BCUT2D eigenvalue weighted by molar-refractivity contribution is 5.03. The standard InChI is InChI=1S/C12H21N/c1-3-4-5-6-7-9-12-10-8-11-13(12)2/h4-7,12H,3,8-11H2,1-2H3/b5-4-,7-6-. The number of nitrogens with zero attached hydrogens (tertiary/aromatic N) is 1. The smallest absolute Gasteiger partial charge is 0.0127 e. The van der Waals surface area contributed by atoms with E-state index in [1.54, 1.807) is 0 Å². The fourth-order valence-corrected chi connectivity index (χ4v) is 1.81. The minimum Gasteiger partial charge on any atom is -0.303 e. The van der Waals surface area contributed by atoms with Crippen molar-refractivity contribution in [2.45, 2.75) is 38.6 Å². The Morgan fingerprint density at radius 1 is 1.31 bits per heavy atom. The first-order valence-electron chi connectivity index (χ1n) is 5.36. The van der Waals surface area contributed by atoms with E-state index in [2.05, 4.69) is 43.2 Å². The fraction of sp³-hybridized carbons (Fsp3) is 0.667. The summed E-state index contributed by atoms with van der Waals surface area (Å²) in [4.78, 5) is 2.47. The van der Waals surface area contributed by atoms with Gasteiger partial charge in [-0.1, -0.05) is 31.2 Å². The molecule has 0 aromatic carbocycles. The molecule has 1 rings (SSSR count). The van der Waals surface area contributed by atoms with Gasteiger partial charge in [-0.2, -0.15) is 0 Å². The van der Waals surface area contributed by atoms with Crippen LogP contribution in [0.25, 0.3) is 0 Å². The highest BCUT2D eigenvalue weighted by Gasteiger charge is 2.18. The van der Waals surface area contributed by atoms with Crippen LogP contribution in [-0.4, -0.2) is 24.5 Å². The number of hydrogen-bond acceptors (Lipinski definition) is 1. The third kappa shape index (κ3) is 3.77. The Morgan fingerprint density at radius 3 is 2.69 bits per heavy atom. The molecule has 74 valence electrons. The lowest BCUT2D eigenvalue weighted by Gasteiger charge is -2.16. The first-order chi connectivity index (χ1) is 6.34. The molecule has 1 aliphatic heterocycles. The van der Waals surface area contributed by atoms with E-state index in [1.165, 1.54) is 25.8 Å². The van der Waals surface area contributed by atoms with E-state index in [0.29, 0.717) is 0 Å². The molecule has 0 aliphatic carbocycles. The lowest BCUT2D eigenvalue weighted by Crippen LogP contribution is -2.23. The van der Waals surface area contributed by atoms with E-state index < -0.39 is 0 Å². The second-order valence-corrected chi connectivity index (χ2v) is 3.78. The minimum absolute atomic E-state index is 0.797. The molecule has 13 heavy (non-hydrogen) atoms. The van der Waals surface area contributed by atoms with Crippen molar-refractivity contribution in [1.82, 2.24) is 4.90 Å². The molecular formula is C12H21N. The maximum atomic E-state index is 2.47. The molecule has 0 amide bonds. The molecule has 1 aliphatic rings. The molecule has 1 fully saturated rings. The van der Waals surface area contributed by atoms with E-state index in [-0.39, 0.29) is 0 Å². The highest BCUT2D eigenvalue weighted by Crippen LogP contribution is 2.17. The van der Waals surface area contributed by atoms with Gasteiger partial charge in [-0.3, -0.25) is 0 Å². The van der Waals surface area contributed by atoms with Gasteiger partial charge in [0.2, 0.25) is 0 Å². The van der Waals surface area contributed by atoms with Crippen LogP contribution < -0.4 is 0 Å². The summed E-state index contributed by atoms with van der Waals surface area (Å²) in [5, 5.41) is 0. The van der Waals surface area contributed by atoms with Crippen molar-refractivity contribution in [2.75, 3.05) is 13.6 Å². The number of likely N-dealkylation sites (tertiary alicyclic amines) is 1. The summed E-state index contributed by atoms with van der Waals surface area (Å²) < 4.78 is 0. The summed E-state index contributed by atoms with van der Waals surface area (Å²) in [5.41, 5.74) is 0. The van der Waals surface area contributed by atoms with Gasteiger partial charge in [0, 0.05) is 6.04 Å². The number of allylic oxidation sites excluding steroid dienone is 3. The Hall–Kier alpha value is -0.560. The second kappa shape index (κ2) is 5.98. The molecule has 1 heteroatoms. The van der Waals surface area contributed by atoms with Crippen LogP contribution in [-0.2, 0) is 0 Å². The van der Waals surface area contributed by atoms with Crippen molar-refractivity contribution in [2.24, 2.45) is 0 Å². The molecule has 1 heterocycles. The largest absolute Gasteiger partial charge is 0.303 e. The molecule has 0 N–H and O–H groups in total. The van der Waals surface area contributed by atoms with Crippen molar-refractivity contribution in [1.29, 1.82) is 0 Å². The van der Waals surface area contributed by atoms with Crippen molar-refractivity contribution in [3.63, 3.8) is 0 Å². The Morgan fingerprint density at radius 2 is 2.08 bits per heavy atom. The summed E-state index contributed by atoms with van der Waals surface area (Å²) >= 11 is 0. The maximum Gasteiger partial charge on any atom is 0.0127 e.